The Kier molecular flexibility index (Phi) is 7.88. The van der Waals surface area contributed by atoms with E-state index in [0.29, 0.717) is 5.56 Å². The molecule has 7 nitrogen and oxygen atoms in total. The number of methoxy groups -OCH3 is 2. The molecule has 0 bridgehead atoms. The second kappa shape index (κ2) is 10.6. The van der Waals surface area contributed by atoms with Gasteiger partial charge in [-0.1, -0.05) is 18.2 Å². The zero-order valence-corrected chi connectivity index (χ0v) is 15.8. The highest BCUT2D eigenvalue weighted by atomic mass is 19.1. The summed E-state index contributed by atoms with van der Waals surface area (Å²) in [5.74, 6) is -2.17. The molecular formula is C21H18FNO6. The first kappa shape index (κ1) is 21.6. The van der Waals surface area contributed by atoms with Crippen LogP contribution in [0.2, 0.25) is 0 Å². The Bertz CT molecular complexity index is 964. The van der Waals surface area contributed by atoms with Crippen LogP contribution >= 0.6 is 0 Å². The van der Waals surface area contributed by atoms with E-state index in [1.807, 2.05) is 0 Å². The first-order valence-corrected chi connectivity index (χ1v) is 8.42. The lowest BCUT2D eigenvalue weighted by molar-refractivity contribution is -0.139. The van der Waals surface area contributed by atoms with Crippen molar-refractivity contribution in [1.29, 1.82) is 5.26 Å². The molecule has 2 rings (SSSR count). The summed E-state index contributed by atoms with van der Waals surface area (Å²) in [6.45, 7) is 0.225. The Morgan fingerprint density at radius 1 is 1.10 bits per heavy atom. The fourth-order valence-electron chi connectivity index (χ4n) is 2.24. The fourth-order valence-corrected chi connectivity index (χ4v) is 2.24. The van der Waals surface area contributed by atoms with Crippen molar-refractivity contribution in [2.24, 2.45) is 0 Å². The van der Waals surface area contributed by atoms with Crippen molar-refractivity contribution in [3.63, 3.8) is 0 Å². The number of halogens is 1. The Balaban J connectivity index is 2.21. The number of nitriles is 1. The number of benzene rings is 2. The van der Waals surface area contributed by atoms with E-state index in [0.717, 1.165) is 6.07 Å². The zero-order valence-electron chi connectivity index (χ0n) is 15.8. The van der Waals surface area contributed by atoms with Gasteiger partial charge < -0.3 is 18.9 Å². The van der Waals surface area contributed by atoms with Crippen LogP contribution in [0.25, 0.3) is 6.08 Å². The Morgan fingerprint density at radius 3 is 2.52 bits per heavy atom. The topological polar surface area (TPSA) is 94.9 Å². The predicted molar refractivity (Wildman–Crippen MR) is 101 cm³/mol. The number of esters is 2. The molecule has 0 radical (unpaired) electrons. The third kappa shape index (κ3) is 5.89. The molecule has 0 aromatic heterocycles. The van der Waals surface area contributed by atoms with E-state index < -0.39 is 17.8 Å². The van der Waals surface area contributed by atoms with Crippen LogP contribution in [0.15, 0.2) is 48.0 Å². The number of hydrogen-bond donors (Lipinski definition) is 0. The molecule has 0 fully saturated rings. The molecule has 29 heavy (non-hydrogen) atoms. The minimum absolute atomic E-state index is 0.0165. The van der Waals surface area contributed by atoms with Crippen LogP contribution in [0.4, 0.5) is 4.39 Å². The summed E-state index contributed by atoms with van der Waals surface area (Å²) in [7, 11) is 2.81. The smallest absolute Gasteiger partial charge is 0.348 e. The van der Waals surface area contributed by atoms with Gasteiger partial charge >= 0.3 is 11.9 Å². The van der Waals surface area contributed by atoms with E-state index in [9.17, 15) is 19.2 Å². The number of carbonyl (C=O) groups excluding carboxylic acids is 2. The standard InChI is InChI=1S/C21H18FNO6/c1-26-9-10-28-20(24)15(13-23)11-14-7-8-18(19(12-14)27-2)29-21(25)16-5-3-4-6-17(16)22/h3-8,11-12H,9-10H2,1-2H3/b15-11+. The first-order chi connectivity index (χ1) is 14.0. The van der Waals surface area contributed by atoms with Crippen LogP contribution in [-0.2, 0) is 14.3 Å². The quantitative estimate of drug-likeness (QED) is 0.221. The van der Waals surface area contributed by atoms with Crippen LogP contribution in [-0.4, -0.2) is 39.4 Å². The van der Waals surface area contributed by atoms with Crippen LogP contribution < -0.4 is 9.47 Å². The van der Waals surface area contributed by atoms with Crippen molar-refractivity contribution in [2.75, 3.05) is 27.4 Å². The fraction of sp³-hybridized carbons (Fsp3) is 0.190. The van der Waals surface area contributed by atoms with Gasteiger partial charge in [-0.3, -0.25) is 0 Å². The molecule has 2 aromatic rings. The van der Waals surface area contributed by atoms with Crippen molar-refractivity contribution in [1.82, 2.24) is 0 Å². The molecule has 0 N–H and O–H groups in total. The van der Waals surface area contributed by atoms with Gasteiger partial charge in [-0.25, -0.2) is 14.0 Å². The van der Waals surface area contributed by atoms with E-state index in [-0.39, 0.29) is 35.8 Å². The van der Waals surface area contributed by atoms with E-state index in [2.05, 4.69) is 0 Å². The number of nitrogens with zero attached hydrogens (tertiary/aromatic N) is 1. The minimum atomic E-state index is -0.885. The minimum Gasteiger partial charge on any atom is -0.493 e. The van der Waals surface area contributed by atoms with Gasteiger partial charge in [-0.2, -0.15) is 5.26 Å². The predicted octanol–water partition coefficient (Wildman–Crippen LogP) is 3.15. The summed E-state index contributed by atoms with van der Waals surface area (Å²) in [4.78, 5) is 24.1. The number of hydrogen-bond acceptors (Lipinski definition) is 7. The van der Waals surface area contributed by atoms with E-state index in [1.165, 1.54) is 56.7 Å². The second-order valence-electron chi connectivity index (χ2n) is 5.58. The van der Waals surface area contributed by atoms with Gasteiger partial charge in [0.2, 0.25) is 0 Å². The summed E-state index contributed by atoms with van der Waals surface area (Å²) in [6.07, 6.45) is 1.31. The number of carbonyl (C=O) groups is 2. The highest BCUT2D eigenvalue weighted by molar-refractivity contribution is 5.98. The van der Waals surface area contributed by atoms with Gasteiger partial charge in [-0.15, -0.1) is 0 Å². The molecule has 2 aromatic carbocycles. The van der Waals surface area contributed by atoms with Gasteiger partial charge in [0.15, 0.2) is 11.5 Å². The summed E-state index contributed by atoms with van der Waals surface area (Å²) in [6, 6.07) is 11.6. The maximum absolute atomic E-state index is 13.7. The van der Waals surface area contributed by atoms with Crippen LogP contribution in [0.3, 0.4) is 0 Å². The number of ether oxygens (including phenoxy) is 4. The highest BCUT2D eigenvalue weighted by Gasteiger charge is 2.17. The van der Waals surface area contributed by atoms with Gasteiger partial charge in [0.25, 0.3) is 0 Å². The van der Waals surface area contributed by atoms with Gasteiger partial charge in [-0.05, 0) is 35.9 Å². The maximum atomic E-state index is 13.7. The third-order valence-corrected chi connectivity index (χ3v) is 3.66. The highest BCUT2D eigenvalue weighted by Crippen LogP contribution is 2.30. The molecule has 8 heteroatoms. The summed E-state index contributed by atoms with van der Waals surface area (Å²) >= 11 is 0. The normalized spacial score (nSPS) is 10.8. The van der Waals surface area contributed by atoms with Crippen molar-refractivity contribution in [3.05, 3.63) is 65.0 Å². The van der Waals surface area contributed by atoms with E-state index in [1.54, 1.807) is 6.07 Å². The SMILES string of the molecule is COCCOC(=O)/C(C#N)=C/c1ccc(OC(=O)c2ccccc2F)c(OC)c1. The Labute approximate surface area is 166 Å². The van der Waals surface area contributed by atoms with Crippen molar-refractivity contribution in [2.45, 2.75) is 0 Å². The molecule has 150 valence electrons. The lowest BCUT2D eigenvalue weighted by atomic mass is 10.1. The monoisotopic (exact) mass is 399 g/mol. The first-order valence-electron chi connectivity index (χ1n) is 8.42. The Morgan fingerprint density at radius 2 is 1.86 bits per heavy atom. The van der Waals surface area contributed by atoms with Crippen LogP contribution in [0, 0.1) is 17.1 Å². The molecule has 0 saturated heterocycles. The summed E-state index contributed by atoms with van der Waals surface area (Å²) < 4.78 is 33.8. The summed E-state index contributed by atoms with van der Waals surface area (Å²) in [5.41, 5.74) is -0.00358. The van der Waals surface area contributed by atoms with Crippen molar-refractivity contribution < 1.29 is 32.9 Å². The Hall–Kier alpha value is -3.70. The second-order valence-corrected chi connectivity index (χ2v) is 5.58. The van der Waals surface area contributed by atoms with Gasteiger partial charge in [0, 0.05) is 7.11 Å². The molecule has 0 unspecified atom stereocenters. The van der Waals surface area contributed by atoms with E-state index in [4.69, 9.17) is 18.9 Å². The lowest BCUT2D eigenvalue weighted by Gasteiger charge is -2.10. The largest absolute Gasteiger partial charge is 0.493 e. The van der Waals surface area contributed by atoms with Crippen molar-refractivity contribution >= 4 is 18.0 Å². The van der Waals surface area contributed by atoms with Crippen molar-refractivity contribution in [3.8, 4) is 17.6 Å². The molecule has 0 spiro atoms. The summed E-state index contributed by atoms with van der Waals surface area (Å²) in [5, 5.41) is 9.18. The average molecular weight is 399 g/mol. The average Bonchev–Trinajstić information content (AvgIpc) is 2.73. The van der Waals surface area contributed by atoms with E-state index >= 15 is 0 Å². The molecule has 0 saturated carbocycles. The lowest BCUT2D eigenvalue weighted by Crippen LogP contribution is -2.11. The zero-order chi connectivity index (χ0) is 21.2. The van der Waals surface area contributed by atoms with Crippen LogP contribution in [0.5, 0.6) is 11.5 Å². The maximum Gasteiger partial charge on any atom is 0.348 e. The van der Waals surface area contributed by atoms with Gasteiger partial charge in [0.1, 0.15) is 24.1 Å². The number of rotatable bonds is 8. The molecule has 0 aliphatic carbocycles. The molecule has 0 atom stereocenters. The molecule has 0 heterocycles. The molecule has 0 aliphatic rings. The van der Waals surface area contributed by atoms with Crippen LogP contribution in [0.1, 0.15) is 15.9 Å². The van der Waals surface area contributed by atoms with Gasteiger partial charge in [0.05, 0.1) is 19.3 Å². The molecule has 0 amide bonds. The molecule has 0 aliphatic heterocycles. The molecular weight excluding hydrogens is 381 g/mol. The third-order valence-electron chi connectivity index (χ3n) is 3.66.